The maximum absolute atomic E-state index is 14.2. The van der Waals surface area contributed by atoms with Crippen molar-refractivity contribution < 1.29 is 9.18 Å². The lowest BCUT2D eigenvalue weighted by molar-refractivity contribution is -0.130. The lowest BCUT2D eigenvalue weighted by atomic mass is 9.88. The number of amides is 1. The van der Waals surface area contributed by atoms with E-state index in [2.05, 4.69) is 29.4 Å². The zero-order chi connectivity index (χ0) is 20.5. The molecule has 4 N–H and O–H groups in total. The predicted molar refractivity (Wildman–Crippen MR) is 119 cm³/mol. The number of carbonyl (C=O) groups is 1. The minimum Gasteiger partial charge on any atom is -0.339 e. The maximum atomic E-state index is 14.2. The number of carbonyl (C=O) groups excluding carboxylic acids is 1. The van der Waals surface area contributed by atoms with Crippen LogP contribution in [0.15, 0.2) is 0 Å². The van der Waals surface area contributed by atoms with Crippen molar-refractivity contribution in [3.63, 3.8) is 0 Å². The summed E-state index contributed by atoms with van der Waals surface area (Å²) < 4.78 is 14.2. The van der Waals surface area contributed by atoms with Crippen LogP contribution in [0, 0.1) is 11.8 Å². The van der Waals surface area contributed by atoms with Gasteiger partial charge in [-0.15, -0.1) is 23.5 Å². The minimum atomic E-state index is -0.697. The van der Waals surface area contributed by atoms with Gasteiger partial charge in [-0.05, 0) is 18.8 Å². The molecule has 0 aromatic heterocycles. The largest absolute Gasteiger partial charge is 0.339 e. The van der Waals surface area contributed by atoms with Crippen LogP contribution in [0.5, 0.6) is 0 Å². The molecule has 166 valence electrons. The fourth-order valence-electron chi connectivity index (χ4n) is 5.31. The predicted octanol–water partition coefficient (Wildman–Crippen LogP) is 1.62. The third-order valence-electron chi connectivity index (χ3n) is 7.29. The van der Waals surface area contributed by atoms with E-state index in [9.17, 15) is 9.18 Å². The molecule has 1 amide bonds. The van der Waals surface area contributed by atoms with Crippen molar-refractivity contribution >= 4 is 29.4 Å². The Morgan fingerprint density at radius 1 is 1.17 bits per heavy atom. The lowest BCUT2D eigenvalue weighted by Gasteiger charge is -2.42. The zero-order valence-electron chi connectivity index (χ0n) is 17.6. The summed E-state index contributed by atoms with van der Waals surface area (Å²) in [6.07, 6.45) is 3.06. The van der Waals surface area contributed by atoms with Gasteiger partial charge in [0.25, 0.3) is 0 Å². The quantitative estimate of drug-likeness (QED) is 0.607. The molecule has 9 heteroatoms. The van der Waals surface area contributed by atoms with Gasteiger partial charge in [0.1, 0.15) is 11.7 Å². The van der Waals surface area contributed by atoms with E-state index in [0.29, 0.717) is 47.7 Å². The number of piperazine rings is 1. The molecule has 3 saturated heterocycles. The van der Waals surface area contributed by atoms with Crippen LogP contribution in [0.4, 0.5) is 4.39 Å². The third kappa shape index (κ3) is 4.90. The number of hydrogen-bond donors (Lipinski definition) is 3. The zero-order valence-corrected chi connectivity index (χ0v) is 19.2. The van der Waals surface area contributed by atoms with Crippen LogP contribution in [-0.2, 0) is 4.79 Å². The Morgan fingerprint density at radius 2 is 1.90 bits per heavy atom. The molecule has 0 spiro atoms. The van der Waals surface area contributed by atoms with Gasteiger partial charge in [-0.2, -0.15) is 0 Å². The molecule has 6 nitrogen and oxygen atoms in total. The highest BCUT2D eigenvalue weighted by Gasteiger charge is 2.46. The number of fused-ring (bicyclic) bond motifs is 1. The monoisotopic (exact) mass is 445 g/mol. The normalized spacial score (nSPS) is 43.9. The van der Waals surface area contributed by atoms with Crippen molar-refractivity contribution in [3.8, 4) is 0 Å². The molecule has 8 atom stereocenters. The van der Waals surface area contributed by atoms with Crippen LogP contribution >= 0.6 is 23.5 Å². The van der Waals surface area contributed by atoms with E-state index in [0.717, 1.165) is 32.4 Å². The van der Waals surface area contributed by atoms with Crippen LogP contribution in [0.3, 0.4) is 0 Å². The average molecular weight is 446 g/mol. The van der Waals surface area contributed by atoms with E-state index < -0.39 is 6.17 Å². The van der Waals surface area contributed by atoms with Gasteiger partial charge in [0.05, 0.1) is 17.3 Å². The van der Waals surface area contributed by atoms with E-state index in [1.807, 2.05) is 16.7 Å². The Kier molecular flexibility index (Phi) is 7.34. The minimum absolute atomic E-state index is 0.0102. The van der Waals surface area contributed by atoms with Crippen molar-refractivity contribution in [1.82, 2.24) is 20.4 Å². The highest BCUT2D eigenvalue weighted by atomic mass is 32.2. The molecule has 0 radical (unpaired) electrons. The molecule has 0 aromatic carbocycles. The molecular weight excluding hydrogens is 409 g/mol. The molecule has 0 aromatic rings. The number of alkyl halides is 1. The summed E-state index contributed by atoms with van der Waals surface area (Å²) in [6.45, 7) is 7.56. The smallest absolute Gasteiger partial charge is 0.232 e. The van der Waals surface area contributed by atoms with Gasteiger partial charge in [0, 0.05) is 43.4 Å². The Morgan fingerprint density at radius 3 is 2.62 bits per heavy atom. The van der Waals surface area contributed by atoms with E-state index in [4.69, 9.17) is 5.73 Å². The number of nitrogens with one attached hydrogen (secondary N) is 2. The first-order valence-electron chi connectivity index (χ1n) is 11.1. The van der Waals surface area contributed by atoms with Crippen LogP contribution in [0.1, 0.15) is 39.5 Å². The molecule has 4 aliphatic rings. The summed E-state index contributed by atoms with van der Waals surface area (Å²) in [6, 6.07) is 0.0640. The Hall–Kier alpha value is -0.0600. The first-order valence-corrected chi connectivity index (χ1v) is 13.1. The second-order valence-electron chi connectivity index (χ2n) is 9.03. The Bertz CT molecular complexity index is 579. The fourth-order valence-corrected chi connectivity index (χ4v) is 8.09. The second-order valence-corrected chi connectivity index (χ2v) is 11.6. The van der Waals surface area contributed by atoms with Crippen molar-refractivity contribution in [2.24, 2.45) is 17.6 Å². The SMILES string of the molecule is CC1SC2NC(SCC(=O)N3CCN(C4CCCCC4F)CC3)NC(N)C2C1C. The summed E-state index contributed by atoms with van der Waals surface area (Å²) >= 11 is 3.57. The van der Waals surface area contributed by atoms with E-state index in [1.54, 1.807) is 11.8 Å². The summed E-state index contributed by atoms with van der Waals surface area (Å²) in [7, 11) is 0. The summed E-state index contributed by atoms with van der Waals surface area (Å²) in [4.78, 5) is 16.9. The third-order valence-corrected chi connectivity index (χ3v) is 9.91. The number of hydrogen-bond acceptors (Lipinski definition) is 7. The lowest BCUT2D eigenvalue weighted by Crippen LogP contribution is -2.64. The van der Waals surface area contributed by atoms with Crippen molar-refractivity contribution in [1.29, 1.82) is 0 Å². The van der Waals surface area contributed by atoms with Gasteiger partial charge in [-0.25, -0.2) is 4.39 Å². The van der Waals surface area contributed by atoms with Gasteiger partial charge in [0.2, 0.25) is 5.91 Å². The second kappa shape index (κ2) is 9.61. The Balaban J connectivity index is 1.21. The van der Waals surface area contributed by atoms with Gasteiger partial charge >= 0.3 is 0 Å². The number of thioether (sulfide) groups is 2. The van der Waals surface area contributed by atoms with Crippen molar-refractivity contribution in [2.75, 3.05) is 31.9 Å². The van der Waals surface area contributed by atoms with Crippen LogP contribution in [0.2, 0.25) is 0 Å². The van der Waals surface area contributed by atoms with E-state index in [-0.39, 0.29) is 23.6 Å². The highest BCUT2D eigenvalue weighted by Crippen LogP contribution is 2.44. The molecule has 29 heavy (non-hydrogen) atoms. The summed E-state index contributed by atoms with van der Waals surface area (Å²) in [5.74, 6) is 1.63. The number of nitrogens with zero attached hydrogens (tertiary/aromatic N) is 2. The standard InChI is InChI=1S/C20H36FN5OS2/c1-12-13(2)29-19-17(12)18(22)23-20(24-19)28-11-16(27)26-9-7-25(8-10-26)15-6-4-3-5-14(15)21/h12-15,17-20,23-24H,3-11,22H2,1-2H3. The van der Waals surface area contributed by atoms with Crippen LogP contribution < -0.4 is 16.4 Å². The summed E-state index contributed by atoms with van der Waals surface area (Å²) in [5.41, 5.74) is 6.41. The molecule has 1 saturated carbocycles. The average Bonchev–Trinajstić information content (AvgIpc) is 3.00. The maximum Gasteiger partial charge on any atom is 0.232 e. The molecule has 4 rings (SSSR count). The van der Waals surface area contributed by atoms with Crippen LogP contribution in [-0.4, -0.2) is 82.1 Å². The first-order chi connectivity index (χ1) is 13.9. The summed E-state index contributed by atoms with van der Waals surface area (Å²) in [5, 5.41) is 8.04. The van der Waals surface area contributed by atoms with Gasteiger partial charge < -0.3 is 10.6 Å². The highest BCUT2D eigenvalue weighted by molar-refractivity contribution is 8.01. The number of halogens is 1. The molecule has 3 heterocycles. The van der Waals surface area contributed by atoms with Gasteiger partial charge in [0.15, 0.2) is 0 Å². The van der Waals surface area contributed by atoms with Crippen molar-refractivity contribution in [2.45, 2.75) is 74.0 Å². The van der Waals surface area contributed by atoms with Crippen LogP contribution in [0.25, 0.3) is 0 Å². The van der Waals surface area contributed by atoms with Gasteiger partial charge in [-0.1, -0.05) is 26.7 Å². The molecule has 0 bridgehead atoms. The first kappa shape index (κ1) is 22.1. The van der Waals surface area contributed by atoms with E-state index >= 15 is 0 Å². The van der Waals surface area contributed by atoms with Gasteiger partial charge in [-0.3, -0.25) is 20.3 Å². The number of nitrogens with two attached hydrogens (primary N) is 1. The molecular formula is C20H36FN5OS2. The molecule has 4 fully saturated rings. The molecule has 3 aliphatic heterocycles. The Labute approximate surface area is 182 Å². The van der Waals surface area contributed by atoms with E-state index in [1.165, 1.54) is 0 Å². The topological polar surface area (TPSA) is 73.6 Å². The molecule has 8 unspecified atom stereocenters. The fraction of sp³-hybridized carbons (Fsp3) is 0.950. The molecule has 1 aliphatic carbocycles. The number of rotatable bonds is 4. The van der Waals surface area contributed by atoms with Crippen molar-refractivity contribution in [3.05, 3.63) is 0 Å².